The van der Waals surface area contributed by atoms with Gasteiger partial charge in [-0.2, -0.15) is 0 Å². The van der Waals surface area contributed by atoms with E-state index in [1.54, 1.807) is 12.1 Å². The van der Waals surface area contributed by atoms with Crippen LogP contribution in [0.25, 0.3) is 0 Å². The molecule has 0 radical (unpaired) electrons. The number of rotatable bonds is 10. The van der Waals surface area contributed by atoms with Crippen molar-refractivity contribution in [3.63, 3.8) is 0 Å². The van der Waals surface area contributed by atoms with Crippen molar-refractivity contribution in [1.29, 1.82) is 0 Å². The van der Waals surface area contributed by atoms with Crippen molar-refractivity contribution in [1.82, 2.24) is 0 Å². The second-order valence-corrected chi connectivity index (χ2v) is 8.80. The predicted octanol–water partition coefficient (Wildman–Crippen LogP) is 4.94. The zero-order valence-corrected chi connectivity index (χ0v) is 20.2. The molecule has 0 spiro atoms. The number of hydrogen-bond donors (Lipinski definition) is 1. The van der Waals surface area contributed by atoms with Gasteiger partial charge in [-0.3, -0.25) is 0 Å². The molecule has 0 aliphatic carbocycles. The van der Waals surface area contributed by atoms with Gasteiger partial charge in [-0.1, -0.05) is 72.8 Å². The molecule has 0 amide bonds. The van der Waals surface area contributed by atoms with E-state index in [9.17, 15) is 9.90 Å². The monoisotopic (exact) mass is 500 g/mol. The molecule has 190 valence electrons. The molecule has 0 fully saturated rings. The second-order valence-electron chi connectivity index (χ2n) is 8.80. The Labute approximate surface area is 215 Å². The summed E-state index contributed by atoms with van der Waals surface area (Å²) in [7, 11) is 0. The predicted molar refractivity (Wildman–Crippen MR) is 137 cm³/mol. The molecule has 1 N–H and O–H groups in total. The van der Waals surface area contributed by atoms with Crippen LogP contribution in [0.15, 0.2) is 92.0 Å². The van der Waals surface area contributed by atoms with Gasteiger partial charge in [0.2, 0.25) is 12.5 Å². The van der Waals surface area contributed by atoms with Gasteiger partial charge in [-0.15, -0.1) is 13.2 Å². The third-order valence-corrected chi connectivity index (χ3v) is 6.48. The van der Waals surface area contributed by atoms with Crippen LogP contribution in [0.1, 0.15) is 33.0 Å². The van der Waals surface area contributed by atoms with Gasteiger partial charge in [0, 0.05) is 5.92 Å². The van der Waals surface area contributed by atoms with E-state index < -0.39 is 30.2 Å². The van der Waals surface area contributed by atoms with Crippen LogP contribution in [0.4, 0.5) is 0 Å². The third-order valence-electron chi connectivity index (χ3n) is 6.48. The van der Waals surface area contributed by atoms with Crippen molar-refractivity contribution in [3.8, 4) is 17.2 Å². The Morgan fingerprint density at radius 3 is 2.32 bits per heavy atom. The SMILES string of the molecule is C=C[C@@H](O)[C@@H](OCc1ccccc1)[C@@H]1OC(=O)c2c(cc3c(c2OCc2ccccc2)OCO3)[C@@H]1C=C. The van der Waals surface area contributed by atoms with Gasteiger partial charge in [0.25, 0.3) is 0 Å². The molecule has 7 heteroatoms. The van der Waals surface area contributed by atoms with Crippen LogP contribution in [0.3, 0.4) is 0 Å². The van der Waals surface area contributed by atoms with Gasteiger partial charge in [-0.25, -0.2) is 4.79 Å². The number of hydrogen-bond acceptors (Lipinski definition) is 7. The van der Waals surface area contributed by atoms with Crippen LogP contribution in [-0.4, -0.2) is 36.2 Å². The minimum Gasteiger partial charge on any atom is -0.484 e. The van der Waals surface area contributed by atoms with Crippen LogP contribution in [0.5, 0.6) is 17.2 Å². The molecule has 4 atom stereocenters. The van der Waals surface area contributed by atoms with Gasteiger partial charge in [0.15, 0.2) is 11.5 Å². The fraction of sp³-hybridized carbons (Fsp3) is 0.233. The molecule has 5 rings (SSSR count). The van der Waals surface area contributed by atoms with E-state index in [-0.39, 0.29) is 31.3 Å². The third kappa shape index (κ3) is 4.96. The zero-order chi connectivity index (χ0) is 25.8. The highest BCUT2D eigenvalue weighted by atomic mass is 16.7. The fourth-order valence-electron chi connectivity index (χ4n) is 4.63. The highest BCUT2D eigenvalue weighted by molar-refractivity contribution is 5.98. The summed E-state index contributed by atoms with van der Waals surface area (Å²) in [5.74, 6) is -0.0418. The number of carbonyl (C=O) groups is 1. The van der Waals surface area contributed by atoms with Gasteiger partial charge in [0.1, 0.15) is 30.5 Å². The highest BCUT2D eigenvalue weighted by Gasteiger charge is 2.45. The lowest BCUT2D eigenvalue weighted by Crippen LogP contribution is -2.47. The van der Waals surface area contributed by atoms with E-state index in [0.717, 1.165) is 11.1 Å². The Kier molecular flexibility index (Phi) is 7.25. The van der Waals surface area contributed by atoms with E-state index in [0.29, 0.717) is 17.1 Å². The molecule has 7 nitrogen and oxygen atoms in total. The first-order valence-corrected chi connectivity index (χ1v) is 12.0. The first kappa shape index (κ1) is 24.6. The van der Waals surface area contributed by atoms with Gasteiger partial charge in [0.05, 0.1) is 6.61 Å². The molecule has 2 aliphatic rings. The van der Waals surface area contributed by atoms with Crippen LogP contribution in [0.2, 0.25) is 0 Å². The molecule has 37 heavy (non-hydrogen) atoms. The number of esters is 1. The van der Waals surface area contributed by atoms with Gasteiger partial charge in [-0.05, 0) is 22.8 Å². The lowest BCUT2D eigenvalue weighted by atomic mass is 9.82. The van der Waals surface area contributed by atoms with Crippen molar-refractivity contribution in [2.75, 3.05) is 6.79 Å². The number of fused-ring (bicyclic) bond motifs is 2. The topological polar surface area (TPSA) is 83.5 Å². The first-order valence-electron chi connectivity index (χ1n) is 12.0. The molecule has 3 aromatic carbocycles. The molecular formula is C30H28O7. The molecule has 0 saturated heterocycles. The Balaban J connectivity index is 1.50. The Bertz CT molecular complexity index is 1270. The quantitative estimate of drug-likeness (QED) is 0.312. The van der Waals surface area contributed by atoms with Crippen LogP contribution in [0, 0.1) is 0 Å². The maximum atomic E-state index is 13.5. The summed E-state index contributed by atoms with van der Waals surface area (Å²) in [6.45, 7) is 8.15. The lowest BCUT2D eigenvalue weighted by Gasteiger charge is -2.38. The Morgan fingerprint density at radius 2 is 1.68 bits per heavy atom. The van der Waals surface area contributed by atoms with Crippen molar-refractivity contribution in [2.24, 2.45) is 0 Å². The van der Waals surface area contributed by atoms with E-state index in [1.807, 2.05) is 60.7 Å². The Morgan fingerprint density at radius 1 is 1.00 bits per heavy atom. The molecule has 2 heterocycles. The normalized spacial score (nSPS) is 19.3. The summed E-state index contributed by atoms with van der Waals surface area (Å²) < 4.78 is 29.5. The van der Waals surface area contributed by atoms with E-state index >= 15 is 0 Å². The molecule has 0 aromatic heterocycles. The number of ether oxygens (including phenoxy) is 5. The summed E-state index contributed by atoms with van der Waals surface area (Å²) in [6, 6.07) is 20.9. The maximum absolute atomic E-state index is 13.5. The smallest absolute Gasteiger partial charge is 0.342 e. The lowest BCUT2D eigenvalue weighted by molar-refractivity contribution is -0.105. The number of aliphatic hydroxyl groups excluding tert-OH is 1. The van der Waals surface area contributed by atoms with Crippen molar-refractivity contribution in [3.05, 3.63) is 114 Å². The minimum atomic E-state index is -1.09. The number of aliphatic hydroxyl groups is 1. The van der Waals surface area contributed by atoms with Crippen molar-refractivity contribution < 1.29 is 33.6 Å². The van der Waals surface area contributed by atoms with Crippen LogP contribution in [-0.2, 0) is 22.7 Å². The summed E-state index contributed by atoms with van der Waals surface area (Å²) in [4.78, 5) is 13.5. The second kappa shape index (κ2) is 10.9. The molecule has 0 unspecified atom stereocenters. The average Bonchev–Trinajstić information content (AvgIpc) is 3.41. The number of benzene rings is 3. The first-order chi connectivity index (χ1) is 18.1. The molecule has 0 bridgehead atoms. The van der Waals surface area contributed by atoms with E-state index in [1.165, 1.54) is 6.08 Å². The van der Waals surface area contributed by atoms with Gasteiger partial charge >= 0.3 is 5.97 Å². The highest BCUT2D eigenvalue weighted by Crippen LogP contribution is 2.50. The summed E-state index contributed by atoms with van der Waals surface area (Å²) in [5.41, 5.74) is 2.70. The Hall–Kier alpha value is -4.07. The van der Waals surface area contributed by atoms with Crippen LogP contribution >= 0.6 is 0 Å². The molecule has 3 aromatic rings. The number of carbonyl (C=O) groups excluding carboxylic acids is 1. The molecular weight excluding hydrogens is 472 g/mol. The summed E-state index contributed by atoms with van der Waals surface area (Å²) in [6.07, 6.45) is 0.197. The molecule has 0 saturated carbocycles. The van der Waals surface area contributed by atoms with E-state index in [2.05, 4.69) is 13.2 Å². The van der Waals surface area contributed by atoms with Crippen LogP contribution < -0.4 is 14.2 Å². The largest absolute Gasteiger partial charge is 0.484 e. The minimum absolute atomic E-state index is 0.00907. The zero-order valence-electron chi connectivity index (χ0n) is 20.2. The number of cyclic esters (lactones) is 1. The average molecular weight is 501 g/mol. The summed E-state index contributed by atoms with van der Waals surface area (Å²) >= 11 is 0. The fourth-order valence-corrected chi connectivity index (χ4v) is 4.63. The maximum Gasteiger partial charge on any atom is 0.342 e. The summed E-state index contributed by atoms with van der Waals surface area (Å²) in [5, 5.41) is 10.8. The van der Waals surface area contributed by atoms with E-state index in [4.69, 9.17) is 23.7 Å². The van der Waals surface area contributed by atoms with Gasteiger partial charge < -0.3 is 28.8 Å². The van der Waals surface area contributed by atoms with Crippen molar-refractivity contribution in [2.45, 2.75) is 37.4 Å². The van der Waals surface area contributed by atoms with Crippen molar-refractivity contribution >= 4 is 5.97 Å². The molecule has 2 aliphatic heterocycles. The standard InChI is InChI=1S/C30H28O7/c1-3-21-22-15-24-28(36-18-35-24)29(34-17-20-13-9-6-10-14-20)25(22)30(32)37-26(21)27(23(31)4-2)33-16-19-11-7-5-8-12-19/h3-15,21,23,26-27,31H,1-2,16-18H2/t21-,23+,26+,27+/m0/s1.